The van der Waals surface area contributed by atoms with Gasteiger partial charge in [-0.3, -0.25) is 4.98 Å². The molecule has 0 saturated carbocycles. The second-order valence-electron chi connectivity index (χ2n) is 7.30. The number of nitrogens with one attached hydrogen (secondary N) is 2. The summed E-state index contributed by atoms with van der Waals surface area (Å²) in [5.74, 6) is 0.661. The number of benzene rings is 2. The molecule has 32 heavy (non-hydrogen) atoms. The Morgan fingerprint density at radius 3 is 2.41 bits per heavy atom. The van der Waals surface area contributed by atoms with Crippen molar-refractivity contribution >= 4 is 37.9 Å². The Bertz CT molecular complexity index is 1300. The van der Waals surface area contributed by atoms with Gasteiger partial charge in [0.15, 0.2) is 0 Å². The number of fused-ring (bicyclic) bond motifs is 1. The first-order valence-electron chi connectivity index (χ1n) is 10.2. The molecular weight excluding hydrogens is 442 g/mol. The number of hydrogen-bond donors (Lipinski definition) is 2. The molecule has 8 heteroatoms. The van der Waals surface area contributed by atoms with E-state index in [1.165, 1.54) is 0 Å². The highest BCUT2D eigenvalue weighted by molar-refractivity contribution is 7.91. The summed E-state index contributed by atoms with van der Waals surface area (Å²) in [6.07, 6.45) is 4.40. The molecule has 4 rings (SSSR count). The summed E-state index contributed by atoms with van der Waals surface area (Å²) in [7, 11) is -3.59. The maximum Gasteiger partial charge on any atom is 0.206 e. The second-order valence-corrected chi connectivity index (χ2v) is 9.65. The molecule has 2 N–H and O–H groups in total. The van der Waals surface area contributed by atoms with Gasteiger partial charge < -0.3 is 15.0 Å². The van der Waals surface area contributed by atoms with Crippen molar-refractivity contribution in [1.29, 1.82) is 0 Å². The fourth-order valence-electron chi connectivity index (χ4n) is 3.23. The van der Waals surface area contributed by atoms with Gasteiger partial charge in [0.1, 0.15) is 10.7 Å². The van der Waals surface area contributed by atoms with Gasteiger partial charge in [0.2, 0.25) is 9.84 Å². The van der Waals surface area contributed by atoms with Crippen LogP contribution in [0.1, 0.15) is 24.6 Å². The molecule has 6 nitrogen and oxygen atoms in total. The summed E-state index contributed by atoms with van der Waals surface area (Å²) in [5, 5.41) is 4.20. The van der Waals surface area contributed by atoms with Crippen LogP contribution in [0, 0.1) is 0 Å². The number of thiocarbonyl (C=S) groups is 1. The van der Waals surface area contributed by atoms with E-state index in [4.69, 9.17) is 17.0 Å². The molecule has 2 aromatic carbocycles. The Kier molecular flexibility index (Phi) is 6.53. The van der Waals surface area contributed by atoms with E-state index in [-0.39, 0.29) is 9.79 Å². The van der Waals surface area contributed by atoms with Gasteiger partial charge in [-0.1, -0.05) is 31.3 Å². The maximum absolute atomic E-state index is 12.9. The molecule has 0 amide bonds. The van der Waals surface area contributed by atoms with Crippen molar-refractivity contribution in [1.82, 2.24) is 15.3 Å². The standard InChI is InChI=1S/C24H23N3O3S2/c1-2-13-30-19-5-9-21(10-6-19)32(28,29)20-7-3-17(4-8-20)15-26-24(31)23-14-18-16-25-12-11-22(18)27-23/h3-12,14,16,27H,2,13,15H2,1H3,(H,26,31). The van der Waals surface area contributed by atoms with Crippen molar-refractivity contribution in [3.63, 3.8) is 0 Å². The maximum atomic E-state index is 12.9. The minimum absolute atomic E-state index is 0.238. The summed E-state index contributed by atoms with van der Waals surface area (Å²) in [6.45, 7) is 3.10. The van der Waals surface area contributed by atoms with Crippen molar-refractivity contribution in [2.45, 2.75) is 29.7 Å². The summed E-state index contributed by atoms with van der Waals surface area (Å²) in [4.78, 5) is 8.44. The highest BCUT2D eigenvalue weighted by Crippen LogP contribution is 2.23. The smallest absolute Gasteiger partial charge is 0.206 e. The molecule has 0 unspecified atom stereocenters. The molecule has 164 valence electrons. The molecule has 0 aliphatic heterocycles. The van der Waals surface area contributed by atoms with Crippen LogP contribution in [0.3, 0.4) is 0 Å². The fourth-order valence-corrected chi connectivity index (χ4v) is 4.67. The van der Waals surface area contributed by atoms with E-state index in [1.54, 1.807) is 60.9 Å². The number of H-pyrrole nitrogens is 1. The highest BCUT2D eigenvalue weighted by atomic mass is 32.2. The van der Waals surface area contributed by atoms with Gasteiger partial charge in [0, 0.05) is 29.8 Å². The molecule has 2 heterocycles. The zero-order chi connectivity index (χ0) is 22.6. The van der Waals surface area contributed by atoms with Crippen LogP contribution in [0.2, 0.25) is 0 Å². The molecule has 4 aromatic rings. The zero-order valence-corrected chi connectivity index (χ0v) is 19.2. The number of hydrogen-bond acceptors (Lipinski definition) is 5. The fraction of sp³-hybridized carbons (Fsp3) is 0.167. The van der Waals surface area contributed by atoms with Gasteiger partial charge in [-0.15, -0.1) is 0 Å². The Morgan fingerprint density at radius 2 is 1.75 bits per heavy atom. The lowest BCUT2D eigenvalue weighted by atomic mass is 10.2. The number of rotatable bonds is 8. The van der Waals surface area contributed by atoms with E-state index in [0.29, 0.717) is 23.9 Å². The van der Waals surface area contributed by atoms with Crippen LogP contribution >= 0.6 is 12.2 Å². The first-order valence-corrected chi connectivity index (χ1v) is 12.1. The molecular formula is C24H23N3O3S2. The summed E-state index contributed by atoms with van der Waals surface area (Å²) >= 11 is 5.48. The molecule has 2 aromatic heterocycles. The van der Waals surface area contributed by atoms with Crippen molar-refractivity contribution in [3.05, 3.63) is 84.3 Å². The lowest BCUT2D eigenvalue weighted by Gasteiger charge is -2.09. The molecule has 0 atom stereocenters. The molecule has 0 fully saturated rings. The van der Waals surface area contributed by atoms with Crippen LogP contribution in [0.15, 0.2) is 82.8 Å². The van der Waals surface area contributed by atoms with Crippen LogP contribution in [0.5, 0.6) is 5.75 Å². The lowest BCUT2D eigenvalue weighted by molar-refractivity contribution is 0.317. The Labute approximate surface area is 192 Å². The van der Waals surface area contributed by atoms with Crippen LogP contribution < -0.4 is 10.1 Å². The van der Waals surface area contributed by atoms with Crippen LogP contribution in [0.25, 0.3) is 10.9 Å². The molecule has 0 saturated heterocycles. The Hall–Kier alpha value is -3.23. The van der Waals surface area contributed by atoms with Crippen LogP contribution in [-0.2, 0) is 16.4 Å². The van der Waals surface area contributed by atoms with Gasteiger partial charge in [-0.25, -0.2) is 8.42 Å². The van der Waals surface area contributed by atoms with Crippen molar-refractivity contribution < 1.29 is 13.2 Å². The van der Waals surface area contributed by atoms with Gasteiger partial charge >= 0.3 is 0 Å². The summed E-state index contributed by atoms with van der Waals surface area (Å²) in [5.41, 5.74) is 2.71. The van der Waals surface area contributed by atoms with E-state index in [0.717, 1.165) is 28.6 Å². The molecule has 0 aliphatic carbocycles. The first-order chi connectivity index (χ1) is 15.5. The number of pyridine rings is 1. The SMILES string of the molecule is CCCOc1ccc(S(=O)(=O)c2ccc(CNC(=S)c3cc4cnccc4[nH]3)cc2)cc1. The van der Waals surface area contributed by atoms with Gasteiger partial charge in [0.05, 0.1) is 22.1 Å². The average Bonchev–Trinajstić information content (AvgIpc) is 3.26. The number of aromatic nitrogens is 2. The normalized spacial score (nSPS) is 11.4. The monoisotopic (exact) mass is 465 g/mol. The third-order valence-corrected chi connectivity index (χ3v) is 7.11. The number of aromatic amines is 1. The average molecular weight is 466 g/mol. The predicted molar refractivity (Wildman–Crippen MR) is 129 cm³/mol. The predicted octanol–water partition coefficient (Wildman–Crippen LogP) is 4.65. The largest absolute Gasteiger partial charge is 0.494 e. The van der Waals surface area contributed by atoms with Gasteiger partial charge in [0.25, 0.3) is 0 Å². The second kappa shape index (κ2) is 9.50. The number of sulfone groups is 1. The Morgan fingerprint density at radius 1 is 1.06 bits per heavy atom. The van der Waals surface area contributed by atoms with Crippen molar-refractivity contribution in [3.8, 4) is 5.75 Å². The summed E-state index contributed by atoms with van der Waals surface area (Å²) in [6, 6.07) is 17.2. The molecule has 0 bridgehead atoms. The van der Waals surface area contributed by atoms with Crippen molar-refractivity contribution in [2.24, 2.45) is 0 Å². The number of ether oxygens (including phenoxy) is 1. The van der Waals surface area contributed by atoms with Crippen molar-refractivity contribution in [2.75, 3.05) is 6.61 Å². The Balaban J connectivity index is 1.41. The van der Waals surface area contributed by atoms with Gasteiger partial charge in [-0.05, 0) is 60.5 Å². The van der Waals surface area contributed by atoms with E-state index in [9.17, 15) is 8.42 Å². The van der Waals surface area contributed by atoms with E-state index in [2.05, 4.69) is 15.3 Å². The third kappa shape index (κ3) is 4.81. The topological polar surface area (TPSA) is 84.1 Å². The third-order valence-electron chi connectivity index (χ3n) is 4.96. The quantitative estimate of drug-likeness (QED) is 0.369. The molecule has 0 radical (unpaired) electrons. The number of nitrogens with zero attached hydrogens (tertiary/aromatic N) is 1. The van der Waals surface area contributed by atoms with Crippen LogP contribution in [-0.4, -0.2) is 30.0 Å². The van der Waals surface area contributed by atoms with E-state index < -0.39 is 9.84 Å². The molecule has 0 spiro atoms. The minimum atomic E-state index is -3.59. The summed E-state index contributed by atoms with van der Waals surface area (Å²) < 4.78 is 31.4. The van der Waals surface area contributed by atoms with Crippen LogP contribution in [0.4, 0.5) is 0 Å². The minimum Gasteiger partial charge on any atom is -0.494 e. The lowest BCUT2D eigenvalue weighted by Crippen LogP contribution is -2.22. The zero-order valence-electron chi connectivity index (χ0n) is 17.5. The highest BCUT2D eigenvalue weighted by Gasteiger charge is 2.17. The van der Waals surface area contributed by atoms with E-state index >= 15 is 0 Å². The first kappa shape index (κ1) is 22.0. The molecule has 0 aliphatic rings. The van der Waals surface area contributed by atoms with E-state index in [1.807, 2.05) is 19.1 Å². The van der Waals surface area contributed by atoms with Gasteiger partial charge in [-0.2, -0.15) is 0 Å².